The molecule has 6 nitrogen and oxygen atoms in total. The summed E-state index contributed by atoms with van der Waals surface area (Å²) in [7, 11) is 0. The van der Waals surface area contributed by atoms with Crippen LogP contribution in [0.15, 0.2) is 71.5 Å². The summed E-state index contributed by atoms with van der Waals surface area (Å²) in [6, 6.07) is 8.30. The summed E-state index contributed by atoms with van der Waals surface area (Å²) in [5.74, 6) is 2.30. The second-order valence-electron chi connectivity index (χ2n) is 15.4. The van der Waals surface area contributed by atoms with Crippen molar-refractivity contribution in [1.82, 2.24) is 4.98 Å². The molecule has 3 N–H and O–H groups in total. The average molecular weight is 717 g/mol. The summed E-state index contributed by atoms with van der Waals surface area (Å²) < 4.78 is 15.6. The van der Waals surface area contributed by atoms with Gasteiger partial charge in [-0.3, -0.25) is 4.79 Å². The van der Waals surface area contributed by atoms with Crippen LogP contribution in [0.5, 0.6) is 0 Å². The quantitative estimate of drug-likeness (QED) is 0.0859. The first-order valence-electron chi connectivity index (χ1n) is 19.3. The van der Waals surface area contributed by atoms with Crippen LogP contribution in [0, 0.1) is 34.9 Å². The number of aromatic nitrogens is 1. The largest absolute Gasteiger partial charge is 0.383 e. The minimum absolute atomic E-state index is 0.0626. The zero-order valence-electron chi connectivity index (χ0n) is 34.5. The van der Waals surface area contributed by atoms with E-state index in [-0.39, 0.29) is 16.9 Å². The Morgan fingerprint density at radius 2 is 1.73 bits per heavy atom. The van der Waals surface area contributed by atoms with Gasteiger partial charge in [-0.15, -0.1) is 0 Å². The molecule has 7 heteroatoms. The van der Waals surface area contributed by atoms with E-state index in [2.05, 4.69) is 77.3 Å². The van der Waals surface area contributed by atoms with Crippen molar-refractivity contribution in [3.05, 3.63) is 89.0 Å². The summed E-state index contributed by atoms with van der Waals surface area (Å²) in [6.07, 6.45) is 12.9. The van der Waals surface area contributed by atoms with Crippen LogP contribution in [0.3, 0.4) is 0 Å². The summed E-state index contributed by atoms with van der Waals surface area (Å²) in [6.45, 7) is 29.3. The number of rotatable bonds is 19. The molecule has 0 saturated carbocycles. The molecule has 1 aromatic heterocycles. The number of amidine groups is 1. The normalized spacial score (nSPS) is 14.8. The van der Waals surface area contributed by atoms with E-state index >= 15 is 4.39 Å². The summed E-state index contributed by atoms with van der Waals surface area (Å²) in [4.78, 5) is 32.5. The van der Waals surface area contributed by atoms with Gasteiger partial charge in [0.05, 0.1) is 0 Å². The number of carbonyl (C=O) groups excluding carboxylic acids is 2. The fourth-order valence-corrected chi connectivity index (χ4v) is 6.46. The Balaban J connectivity index is 0.000000583. The number of Topliss-reactive ketones (excluding diaryl/α,β-unsaturated/α-hetero) is 1. The number of hydrogen-bond acceptors (Lipinski definition) is 4. The lowest BCUT2D eigenvalue weighted by Crippen LogP contribution is -2.25. The topological polar surface area (TPSA) is 97.4 Å². The van der Waals surface area contributed by atoms with Crippen LogP contribution >= 0.6 is 0 Å². The number of benzene rings is 1. The predicted octanol–water partition coefficient (Wildman–Crippen LogP) is 12.2. The third-order valence-corrected chi connectivity index (χ3v) is 10.5. The van der Waals surface area contributed by atoms with Gasteiger partial charge in [-0.2, -0.15) is 0 Å². The summed E-state index contributed by atoms with van der Waals surface area (Å²) in [5.41, 5.74) is 10.8. The molecule has 0 aliphatic rings. The van der Waals surface area contributed by atoms with Gasteiger partial charge in [0.1, 0.15) is 23.3 Å². The minimum Gasteiger partial charge on any atom is -0.383 e. The number of ketones is 1. The third kappa shape index (κ3) is 15.0. The number of anilines is 1. The fraction of sp³-hybridized carbons (Fsp3) is 0.556. The Bertz CT molecular complexity index is 1540. The molecular formula is C45H69FN4O2. The van der Waals surface area contributed by atoms with Crippen molar-refractivity contribution < 1.29 is 14.0 Å². The lowest BCUT2D eigenvalue weighted by Gasteiger charge is -2.32. The molecule has 52 heavy (non-hydrogen) atoms. The lowest BCUT2D eigenvalue weighted by atomic mass is 9.72. The van der Waals surface area contributed by atoms with E-state index < -0.39 is 11.7 Å². The second kappa shape index (κ2) is 22.9. The number of aryl methyl sites for hydroxylation is 1. The van der Waals surface area contributed by atoms with Crippen molar-refractivity contribution in [3.63, 3.8) is 0 Å². The smallest absolute Gasteiger partial charge is 0.256 e. The molecular weight excluding hydrogens is 648 g/mol. The molecule has 2 aromatic rings. The van der Waals surface area contributed by atoms with Crippen molar-refractivity contribution in [2.75, 3.05) is 5.32 Å². The molecule has 0 fully saturated rings. The monoisotopic (exact) mass is 717 g/mol. The highest BCUT2D eigenvalue weighted by Gasteiger charge is 2.28. The van der Waals surface area contributed by atoms with Gasteiger partial charge in [0.2, 0.25) is 0 Å². The third-order valence-electron chi connectivity index (χ3n) is 10.5. The van der Waals surface area contributed by atoms with Crippen LogP contribution in [0.25, 0.3) is 5.57 Å². The summed E-state index contributed by atoms with van der Waals surface area (Å²) >= 11 is 0. The fourth-order valence-electron chi connectivity index (χ4n) is 6.46. The van der Waals surface area contributed by atoms with E-state index in [4.69, 9.17) is 5.73 Å². The Hall–Kier alpha value is -3.87. The number of hydrogen-bond donors (Lipinski definition) is 2. The minimum atomic E-state index is -0.435. The van der Waals surface area contributed by atoms with Crippen molar-refractivity contribution >= 4 is 28.9 Å². The van der Waals surface area contributed by atoms with Gasteiger partial charge in [0.15, 0.2) is 0 Å². The van der Waals surface area contributed by atoms with Crippen LogP contribution in [0.1, 0.15) is 150 Å². The molecule has 288 valence electrons. The predicted molar refractivity (Wildman–Crippen MR) is 221 cm³/mol. The Morgan fingerprint density at radius 1 is 1.06 bits per heavy atom. The first kappa shape index (κ1) is 46.2. The molecule has 2 rings (SSSR count). The van der Waals surface area contributed by atoms with Gasteiger partial charge in [-0.05, 0) is 130 Å². The maximum Gasteiger partial charge on any atom is 0.256 e. The van der Waals surface area contributed by atoms with Gasteiger partial charge in [-0.25, -0.2) is 14.4 Å². The average Bonchev–Trinajstić information content (AvgIpc) is 3.09. The Morgan fingerprint density at radius 3 is 2.25 bits per heavy atom. The summed E-state index contributed by atoms with van der Waals surface area (Å²) in [5, 5.41) is 2.73. The van der Waals surface area contributed by atoms with Gasteiger partial charge in [0.25, 0.3) is 5.91 Å². The molecule has 1 aromatic carbocycles. The standard InChI is InChI=1S/C26H33FN4O.C19H36O/c1-6-11-19-15-20(26(32)31-22-12-9-10-14-29-22)16-21(27)24(19)23(17(4)8-3)18(5)25(28)30-13-7-2;1-9-15(4)12-18(14(2)3)11-10-16(5)19(7,8)13-17(6)20/h7,9-10,12-17H,6,8,11H2,1-5H3,(H2,28,30)(H,29,31,32);15-16,18H,2,9-13H2,1,3-8H3/b13-7-,23-18-;. The molecule has 0 aliphatic carbocycles. The van der Waals surface area contributed by atoms with Crippen molar-refractivity contribution in [2.45, 2.75) is 134 Å². The van der Waals surface area contributed by atoms with Gasteiger partial charge >= 0.3 is 0 Å². The first-order chi connectivity index (χ1) is 24.4. The van der Waals surface area contributed by atoms with E-state index in [0.717, 1.165) is 35.5 Å². The van der Waals surface area contributed by atoms with Gasteiger partial charge in [0, 0.05) is 29.9 Å². The molecule has 0 bridgehead atoms. The van der Waals surface area contributed by atoms with Crippen LogP contribution in [-0.4, -0.2) is 22.5 Å². The van der Waals surface area contributed by atoms with Crippen LogP contribution in [0.2, 0.25) is 0 Å². The number of aliphatic imine (C=N–C) groups is 1. The highest BCUT2D eigenvalue weighted by atomic mass is 19.1. The second-order valence-corrected chi connectivity index (χ2v) is 15.4. The van der Waals surface area contributed by atoms with Crippen LogP contribution < -0.4 is 11.1 Å². The van der Waals surface area contributed by atoms with E-state index in [9.17, 15) is 9.59 Å². The molecule has 1 amide bonds. The Labute approximate surface area is 315 Å². The zero-order chi connectivity index (χ0) is 39.6. The molecule has 0 saturated heterocycles. The van der Waals surface area contributed by atoms with E-state index in [1.165, 1.54) is 37.3 Å². The Kier molecular flexibility index (Phi) is 20.4. The number of amides is 1. The molecule has 0 radical (unpaired) electrons. The van der Waals surface area contributed by atoms with Gasteiger partial charge < -0.3 is 15.8 Å². The van der Waals surface area contributed by atoms with E-state index in [1.54, 1.807) is 49.7 Å². The van der Waals surface area contributed by atoms with E-state index in [1.807, 2.05) is 20.8 Å². The number of allylic oxidation sites excluding steroid dienone is 3. The highest BCUT2D eigenvalue weighted by molar-refractivity contribution is 6.06. The van der Waals surface area contributed by atoms with Crippen molar-refractivity contribution in [3.8, 4) is 0 Å². The SMILES string of the molecule is C=C(C)C(CCC(C)C(C)(C)CC(C)=O)CC(C)CC.C\C=C/N=C(N)\C(C)=C(/c1c(F)cc(C(=O)Nc2ccccn2)cc1CCC)C(C)CC. The maximum absolute atomic E-state index is 15.6. The van der Waals surface area contributed by atoms with Crippen LogP contribution in [0.4, 0.5) is 10.2 Å². The zero-order valence-corrected chi connectivity index (χ0v) is 34.5. The number of nitrogens with one attached hydrogen (secondary N) is 1. The number of pyridine rings is 1. The number of nitrogens with two attached hydrogens (primary N) is 1. The number of carbonyl (C=O) groups is 2. The van der Waals surface area contributed by atoms with Crippen molar-refractivity contribution in [1.29, 1.82) is 0 Å². The highest BCUT2D eigenvalue weighted by Crippen LogP contribution is 2.37. The lowest BCUT2D eigenvalue weighted by molar-refractivity contribution is -0.119. The number of halogens is 1. The molecule has 0 aliphatic heterocycles. The maximum atomic E-state index is 15.6. The van der Waals surface area contributed by atoms with Gasteiger partial charge in [-0.1, -0.05) is 92.5 Å². The van der Waals surface area contributed by atoms with Crippen molar-refractivity contribution in [2.24, 2.45) is 39.8 Å². The molecule has 4 atom stereocenters. The van der Waals surface area contributed by atoms with E-state index in [0.29, 0.717) is 47.7 Å². The number of nitrogens with zero attached hydrogens (tertiary/aromatic N) is 2. The molecule has 0 spiro atoms. The van der Waals surface area contributed by atoms with Crippen LogP contribution in [-0.2, 0) is 11.2 Å². The molecule has 4 unspecified atom stereocenters. The molecule has 1 heterocycles. The first-order valence-corrected chi connectivity index (χ1v) is 19.3.